The molecule has 0 spiro atoms. The number of allylic oxidation sites excluding steroid dienone is 1. The second-order valence-corrected chi connectivity index (χ2v) is 9.77. The van der Waals surface area contributed by atoms with Crippen LogP contribution in [0.2, 0.25) is 0 Å². The monoisotopic (exact) mass is 516 g/mol. The van der Waals surface area contributed by atoms with Crippen molar-refractivity contribution < 1.29 is 44.7 Å². The third kappa shape index (κ3) is 3.49. The number of nitrogens with one attached hydrogen (secondary N) is 1. The molecule has 4 rings (SSSR count). The van der Waals surface area contributed by atoms with Crippen LogP contribution in [0.1, 0.15) is 39.1 Å². The van der Waals surface area contributed by atoms with E-state index in [0.29, 0.717) is 11.3 Å². The maximum atomic E-state index is 13.8. The van der Waals surface area contributed by atoms with Crippen molar-refractivity contribution in [1.82, 2.24) is 5.32 Å². The Labute approximate surface area is 210 Å². The first kappa shape index (κ1) is 26.1. The number of nitrogens with two attached hydrogens (primary N) is 2. The van der Waals surface area contributed by atoms with Crippen molar-refractivity contribution in [1.29, 1.82) is 0 Å². The third-order valence-electron chi connectivity index (χ3n) is 7.34. The van der Waals surface area contributed by atoms with E-state index in [9.17, 15) is 39.6 Å². The third-order valence-corrected chi connectivity index (χ3v) is 7.34. The molecule has 1 aromatic carbocycles. The van der Waals surface area contributed by atoms with E-state index in [1.807, 2.05) is 0 Å². The zero-order valence-electron chi connectivity index (χ0n) is 20.2. The summed E-state index contributed by atoms with van der Waals surface area (Å²) >= 11 is 0. The lowest BCUT2D eigenvalue weighted by atomic mass is 9.56. The fraction of sp³-hybridized carbons (Fsp3) is 0.417. The number of primary amides is 1. The minimum atomic E-state index is -2.95. The van der Waals surface area contributed by atoms with Crippen LogP contribution in [0.25, 0.3) is 0 Å². The van der Waals surface area contributed by atoms with Gasteiger partial charge in [-0.2, -0.15) is 0 Å². The van der Waals surface area contributed by atoms with E-state index in [2.05, 4.69) is 5.32 Å². The van der Waals surface area contributed by atoms with E-state index in [1.54, 1.807) is 19.0 Å². The lowest BCUT2D eigenvalue weighted by Crippen LogP contribution is -2.71. The number of amides is 2. The number of hydrogen-bond acceptors (Lipinski definition) is 11. The smallest absolute Gasteiger partial charge is 0.255 e. The summed E-state index contributed by atoms with van der Waals surface area (Å²) in [7, 11) is 3.32. The van der Waals surface area contributed by atoms with Gasteiger partial charge < -0.3 is 47.2 Å². The van der Waals surface area contributed by atoms with Crippen LogP contribution in [0, 0.1) is 5.92 Å². The zero-order valence-corrected chi connectivity index (χ0v) is 20.2. The first-order chi connectivity index (χ1) is 17.2. The normalized spacial score (nSPS) is 26.9. The van der Waals surface area contributed by atoms with Gasteiger partial charge in [-0.3, -0.25) is 19.2 Å². The highest BCUT2D eigenvalue weighted by molar-refractivity contribution is 6.25. The van der Waals surface area contributed by atoms with Crippen LogP contribution in [0.5, 0.6) is 5.75 Å². The molecule has 13 heteroatoms. The van der Waals surface area contributed by atoms with Crippen LogP contribution in [0.15, 0.2) is 28.7 Å². The maximum Gasteiger partial charge on any atom is 0.255 e. The van der Waals surface area contributed by atoms with Gasteiger partial charge in [0.05, 0.1) is 23.3 Å². The van der Waals surface area contributed by atoms with E-state index in [4.69, 9.17) is 16.6 Å². The number of nitrogens with zero attached hydrogens (tertiary/aromatic N) is 1. The van der Waals surface area contributed by atoms with Crippen LogP contribution < -0.4 is 21.7 Å². The summed E-state index contributed by atoms with van der Waals surface area (Å²) in [5.41, 5.74) is 5.53. The number of carbonyl (C=O) groups excluding carboxylic acids is 4. The molecular formula is C24H28N4O9. The Hall–Kier alpha value is -3.94. The van der Waals surface area contributed by atoms with Crippen molar-refractivity contribution in [3.8, 4) is 5.75 Å². The van der Waals surface area contributed by atoms with Crippen LogP contribution in [-0.2, 0) is 16.0 Å². The molecule has 2 amide bonds. The molecule has 0 saturated carbocycles. The van der Waals surface area contributed by atoms with E-state index in [-0.39, 0.29) is 37.1 Å². The molecule has 0 aromatic heterocycles. The predicted molar refractivity (Wildman–Crippen MR) is 128 cm³/mol. The summed E-state index contributed by atoms with van der Waals surface area (Å²) < 4.78 is 0. The summed E-state index contributed by atoms with van der Waals surface area (Å²) in [4.78, 5) is 53.0. The number of carbonyl (C=O) groups is 4. The fourth-order valence-corrected chi connectivity index (χ4v) is 5.63. The van der Waals surface area contributed by atoms with Crippen molar-refractivity contribution >= 4 is 29.1 Å². The second-order valence-electron chi connectivity index (χ2n) is 9.77. The van der Waals surface area contributed by atoms with Gasteiger partial charge in [0.25, 0.3) is 11.8 Å². The van der Waals surface area contributed by atoms with Gasteiger partial charge in [-0.1, -0.05) is 0 Å². The quantitative estimate of drug-likeness (QED) is 0.208. The van der Waals surface area contributed by atoms with Gasteiger partial charge in [0.15, 0.2) is 5.78 Å². The highest BCUT2D eigenvalue weighted by Gasteiger charge is 2.66. The SMILES string of the molecule is CN(C)c1cc(C(=O)NCCO)c(O)c2c1C[C@H]1C[C@@]3(N)CC(O)=C(C(N)=O)C(=O)[C@@]3(O)C(O)=C1C2=O. The predicted octanol–water partition coefficient (Wildman–Crippen LogP) is -1.55. The minimum absolute atomic E-state index is 0.0243. The molecule has 13 nitrogen and oxygen atoms in total. The molecule has 0 unspecified atom stereocenters. The van der Waals surface area contributed by atoms with E-state index < -0.39 is 75.3 Å². The number of rotatable bonds is 5. The molecule has 10 N–H and O–H groups in total. The molecule has 0 heterocycles. The number of aliphatic hydroxyl groups excluding tert-OH is 3. The number of anilines is 1. The number of aromatic hydroxyl groups is 1. The number of Topliss-reactive ketones (excluding diaryl/α,β-unsaturated/α-hetero) is 2. The Morgan fingerprint density at radius 3 is 2.43 bits per heavy atom. The Morgan fingerprint density at radius 1 is 1.22 bits per heavy atom. The number of hydrogen-bond donors (Lipinski definition) is 8. The fourth-order valence-electron chi connectivity index (χ4n) is 5.63. The number of aliphatic hydroxyl groups is 4. The lowest BCUT2D eigenvalue weighted by molar-refractivity contribution is -0.146. The van der Waals surface area contributed by atoms with E-state index in [1.165, 1.54) is 6.07 Å². The van der Waals surface area contributed by atoms with Crippen LogP contribution in [-0.4, -0.2) is 87.3 Å². The number of phenols is 1. The van der Waals surface area contributed by atoms with Crippen molar-refractivity contribution in [3.05, 3.63) is 45.4 Å². The number of benzene rings is 1. The van der Waals surface area contributed by atoms with E-state index in [0.717, 1.165) is 0 Å². The largest absolute Gasteiger partial charge is 0.511 e. The van der Waals surface area contributed by atoms with Gasteiger partial charge in [0, 0.05) is 38.3 Å². The average molecular weight is 517 g/mol. The molecular weight excluding hydrogens is 488 g/mol. The van der Waals surface area contributed by atoms with Gasteiger partial charge >= 0.3 is 0 Å². The molecule has 0 radical (unpaired) electrons. The summed E-state index contributed by atoms with van der Waals surface area (Å²) in [5, 5.41) is 55.4. The van der Waals surface area contributed by atoms with Crippen LogP contribution in [0.3, 0.4) is 0 Å². The Kier molecular flexibility index (Phi) is 6.06. The number of ketones is 2. The Bertz CT molecular complexity index is 1330. The molecule has 3 atom stereocenters. The topological polar surface area (TPSA) is 237 Å². The van der Waals surface area contributed by atoms with Gasteiger partial charge in [-0.25, -0.2) is 0 Å². The molecule has 198 valence electrons. The number of phenolic OH excluding ortho intramolecular Hbond substituents is 1. The highest BCUT2D eigenvalue weighted by atomic mass is 16.4. The number of fused-ring (bicyclic) bond motifs is 3. The standard InChI is InChI=1S/C24H28N4O9/c1-28(2)12-6-11(22(36)27-3-4-29)17(31)15-10(12)5-9-7-23(26)8-13(30)16(21(25)35)20(34)24(23,37)19(33)14(9)18(15)32/h6,9,29-31,33,37H,3-5,7-8,26H2,1-2H3,(H2,25,35)(H,27,36)/t9-,23+,24-/m0/s1. The van der Waals surface area contributed by atoms with Crippen LogP contribution >= 0.6 is 0 Å². The summed E-state index contributed by atoms with van der Waals surface area (Å²) in [6.45, 7) is -0.463. The van der Waals surface area contributed by atoms with E-state index >= 15 is 0 Å². The lowest BCUT2D eigenvalue weighted by Gasteiger charge is -2.52. The molecule has 3 aliphatic rings. The molecule has 1 aromatic rings. The molecule has 37 heavy (non-hydrogen) atoms. The molecule has 0 saturated heterocycles. The van der Waals surface area contributed by atoms with Gasteiger partial charge in [0.2, 0.25) is 11.4 Å². The average Bonchev–Trinajstić information content (AvgIpc) is 2.79. The summed E-state index contributed by atoms with van der Waals surface area (Å²) in [6.07, 6.45) is -0.795. The van der Waals surface area contributed by atoms with Crippen molar-refractivity contribution in [3.63, 3.8) is 0 Å². The van der Waals surface area contributed by atoms with Crippen molar-refractivity contribution in [2.75, 3.05) is 32.1 Å². The molecule has 0 aliphatic heterocycles. The van der Waals surface area contributed by atoms with Crippen LogP contribution in [0.4, 0.5) is 5.69 Å². The second kappa shape index (κ2) is 8.57. The summed E-state index contributed by atoms with van der Waals surface area (Å²) in [5.74, 6) is -7.83. The van der Waals surface area contributed by atoms with Crippen molar-refractivity contribution in [2.24, 2.45) is 17.4 Å². The van der Waals surface area contributed by atoms with Gasteiger partial charge in [-0.05, 0) is 30.4 Å². The van der Waals surface area contributed by atoms with Gasteiger partial charge in [0.1, 0.15) is 22.8 Å². The minimum Gasteiger partial charge on any atom is -0.511 e. The molecule has 0 bridgehead atoms. The first-order valence-corrected chi connectivity index (χ1v) is 11.4. The molecule has 3 aliphatic carbocycles. The van der Waals surface area contributed by atoms with Gasteiger partial charge in [-0.15, -0.1) is 0 Å². The van der Waals surface area contributed by atoms with Crippen molar-refractivity contribution in [2.45, 2.75) is 30.4 Å². The highest BCUT2D eigenvalue weighted by Crippen LogP contribution is 2.53. The zero-order chi connectivity index (χ0) is 27.6. The Morgan fingerprint density at radius 2 is 1.86 bits per heavy atom. The Balaban J connectivity index is 1.95. The molecule has 0 fully saturated rings. The summed E-state index contributed by atoms with van der Waals surface area (Å²) in [6, 6.07) is 1.39. The maximum absolute atomic E-state index is 13.8. The first-order valence-electron chi connectivity index (χ1n) is 11.4.